The standard InChI is InChI=1S/C21H15NO4S/c23-21(19-11-5-8-14-6-1-3-9-17(14)19)22-16-12-15-7-2-4-10-18(15)20(13-16)27(24,25)26/h1-13H,(H,22,23)(H,24,25,26). The molecule has 0 aliphatic carbocycles. The van der Waals surface area contributed by atoms with E-state index in [-0.39, 0.29) is 10.8 Å². The first-order chi connectivity index (χ1) is 12.9. The highest BCUT2D eigenvalue weighted by Gasteiger charge is 2.17. The maximum absolute atomic E-state index is 12.8. The molecule has 0 saturated heterocycles. The predicted molar refractivity (Wildman–Crippen MR) is 106 cm³/mol. The van der Waals surface area contributed by atoms with Gasteiger partial charge in [0.25, 0.3) is 16.0 Å². The summed E-state index contributed by atoms with van der Waals surface area (Å²) in [6.07, 6.45) is 0. The molecule has 0 aromatic heterocycles. The van der Waals surface area contributed by atoms with E-state index in [4.69, 9.17) is 0 Å². The third kappa shape index (κ3) is 3.28. The van der Waals surface area contributed by atoms with Crippen LogP contribution in [0.15, 0.2) is 83.8 Å². The van der Waals surface area contributed by atoms with Crippen LogP contribution in [0.25, 0.3) is 21.5 Å². The average Bonchev–Trinajstić information content (AvgIpc) is 2.66. The number of hydrogen-bond donors (Lipinski definition) is 2. The number of amides is 1. The summed E-state index contributed by atoms with van der Waals surface area (Å²) in [7, 11) is -4.44. The molecule has 4 rings (SSSR count). The summed E-state index contributed by atoms with van der Waals surface area (Å²) in [5, 5.41) is 5.46. The number of fused-ring (bicyclic) bond motifs is 2. The second-order valence-electron chi connectivity index (χ2n) is 6.15. The highest BCUT2D eigenvalue weighted by Crippen LogP contribution is 2.28. The van der Waals surface area contributed by atoms with Gasteiger partial charge in [0.15, 0.2) is 0 Å². The van der Waals surface area contributed by atoms with Crippen molar-refractivity contribution >= 4 is 43.3 Å². The first kappa shape index (κ1) is 17.2. The van der Waals surface area contributed by atoms with Crippen LogP contribution in [-0.4, -0.2) is 18.9 Å². The topological polar surface area (TPSA) is 83.5 Å². The van der Waals surface area contributed by atoms with E-state index in [1.165, 1.54) is 6.07 Å². The molecular formula is C21H15NO4S. The summed E-state index contributed by atoms with van der Waals surface area (Å²) in [5.41, 5.74) is 0.772. The summed E-state index contributed by atoms with van der Waals surface area (Å²) in [4.78, 5) is 12.6. The molecule has 0 radical (unpaired) electrons. The Hall–Kier alpha value is -3.22. The van der Waals surface area contributed by atoms with Crippen LogP contribution in [-0.2, 0) is 10.1 Å². The second kappa shape index (κ2) is 6.50. The zero-order valence-electron chi connectivity index (χ0n) is 14.1. The molecule has 1 amide bonds. The van der Waals surface area contributed by atoms with Gasteiger partial charge in [0.05, 0.1) is 0 Å². The molecule has 4 aromatic rings. The lowest BCUT2D eigenvalue weighted by atomic mass is 10.0. The van der Waals surface area contributed by atoms with Crippen LogP contribution in [0.5, 0.6) is 0 Å². The minimum atomic E-state index is -4.44. The zero-order valence-corrected chi connectivity index (χ0v) is 14.9. The Bertz CT molecular complexity index is 1290. The van der Waals surface area contributed by atoms with Crippen molar-refractivity contribution in [2.75, 3.05) is 5.32 Å². The smallest absolute Gasteiger partial charge is 0.295 e. The van der Waals surface area contributed by atoms with Gasteiger partial charge in [-0.1, -0.05) is 60.7 Å². The van der Waals surface area contributed by atoms with Crippen molar-refractivity contribution in [3.63, 3.8) is 0 Å². The largest absolute Gasteiger partial charge is 0.322 e. The van der Waals surface area contributed by atoms with Gasteiger partial charge in [-0.15, -0.1) is 0 Å². The lowest BCUT2D eigenvalue weighted by Crippen LogP contribution is -2.13. The van der Waals surface area contributed by atoms with Gasteiger partial charge in [0, 0.05) is 16.6 Å². The zero-order chi connectivity index (χ0) is 19.0. The molecule has 0 spiro atoms. The molecule has 27 heavy (non-hydrogen) atoms. The van der Waals surface area contributed by atoms with Crippen LogP contribution in [0.3, 0.4) is 0 Å². The Morgan fingerprint density at radius 2 is 1.41 bits per heavy atom. The van der Waals surface area contributed by atoms with Gasteiger partial charge in [-0.05, 0) is 34.4 Å². The lowest BCUT2D eigenvalue weighted by molar-refractivity contribution is 0.102. The van der Waals surface area contributed by atoms with E-state index < -0.39 is 10.1 Å². The van der Waals surface area contributed by atoms with E-state index in [0.29, 0.717) is 22.0 Å². The molecule has 0 heterocycles. The molecule has 2 N–H and O–H groups in total. The van der Waals surface area contributed by atoms with Crippen molar-refractivity contribution in [2.45, 2.75) is 4.90 Å². The van der Waals surface area contributed by atoms with Crippen LogP contribution < -0.4 is 5.32 Å². The second-order valence-corrected chi connectivity index (χ2v) is 7.54. The van der Waals surface area contributed by atoms with Crippen molar-refractivity contribution in [3.05, 3.63) is 84.4 Å². The number of rotatable bonds is 3. The van der Waals surface area contributed by atoms with Gasteiger partial charge >= 0.3 is 0 Å². The Morgan fingerprint density at radius 3 is 2.15 bits per heavy atom. The fourth-order valence-electron chi connectivity index (χ4n) is 3.18. The quantitative estimate of drug-likeness (QED) is 0.515. The Labute approximate surface area is 156 Å². The third-order valence-electron chi connectivity index (χ3n) is 4.39. The van der Waals surface area contributed by atoms with Gasteiger partial charge < -0.3 is 5.32 Å². The van der Waals surface area contributed by atoms with Crippen molar-refractivity contribution < 1.29 is 17.8 Å². The van der Waals surface area contributed by atoms with Gasteiger partial charge in [0.1, 0.15) is 4.90 Å². The summed E-state index contributed by atoms with van der Waals surface area (Å²) in [5.74, 6) is -0.358. The predicted octanol–water partition coefficient (Wildman–Crippen LogP) is 4.49. The molecule has 6 heteroatoms. The molecule has 5 nitrogen and oxygen atoms in total. The highest BCUT2D eigenvalue weighted by atomic mass is 32.2. The summed E-state index contributed by atoms with van der Waals surface area (Å²) in [6, 6.07) is 22.6. The number of anilines is 1. The SMILES string of the molecule is O=C(Nc1cc(S(=O)(=O)O)c2ccccc2c1)c1cccc2ccccc12. The molecule has 0 fully saturated rings. The van der Waals surface area contributed by atoms with Crippen LogP contribution in [0.1, 0.15) is 10.4 Å². The van der Waals surface area contributed by atoms with Crippen LogP contribution in [0, 0.1) is 0 Å². The fraction of sp³-hybridized carbons (Fsp3) is 0. The molecule has 0 aliphatic rings. The van der Waals surface area contributed by atoms with Gasteiger partial charge in [-0.3, -0.25) is 9.35 Å². The minimum absolute atomic E-state index is 0.242. The Balaban J connectivity index is 1.80. The molecule has 0 atom stereocenters. The van der Waals surface area contributed by atoms with E-state index in [9.17, 15) is 17.8 Å². The number of benzene rings is 4. The third-order valence-corrected chi connectivity index (χ3v) is 5.29. The summed E-state index contributed by atoms with van der Waals surface area (Å²) >= 11 is 0. The maximum Gasteiger partial charge on any atom is 0.295 e. The first-order valence-electron chi connectivity index (χ1n) is 8.23. The highest BCUT2D eigenvalue weighted by molar-refractivity contribution is 7.86. The number of carbonyl (C=O) groups excluding carboxylic acids is 1. The average molecular weight is 377 g/mol. The normalized spacial score (nSPS) is 11.6. The van der Waals surface area contributed by atoms with Crippen molar-refractivity contribution in [1.82, 2.24) is 0 Å². The van der Waals surface area contributed by atoms with Gasteiger partial charge in [-0.25, -0.2) is 0 Å². The minimum Gasteiger partial charge on any atom is -0.322 e. The lowest BCUT2D eigenvalue weighted by Gasteiger charge is -2.11. The molecular weight excluding hydrogens is 362 g/mol. The van der Waals surface area contributed by atoms with E-state index in [0.717, 1.165) is 10.8 Å². The van der Waals surface area contributed by atoms with Crippen LogP contribution in [0.4, 0.5) is 5.69 Å². The first-order valence-corrected chi connectivity index (χ1v) is 9.67. The molecule has 134 valence electrons. The van der Waals surface area contributed by atoms with Crippen molar-refractivity contribution in [2.24, 2.45) is 0 Å². The monoisotopic (exact) mass is 377 g/mol. The van der Waals surface area contributed by atoms with E-state index in [1.807, 2.05) is 30.3 Å². The summed E-state index contributed by atoms with van der Waals surface area (Å²) < 4.78 is 33.1. The van der Waals surface area contributed by atoms with E-state index in [2.05, 4.69) is 5.32 Å². The van der Waals surface area contributed by atoms with Crippen molar-refractivity contribution in [1.29, 1.82) is 0 Å². The number of carbonyl (C=O) groups is 1. The van der Waals surface area contributed by atoms with Crippen molar-refractivity contribution in [3.8, 4) is 0 Å². The molecule has 0 saturated carbocycles. The van der Waals surface area contributed by atoms with Crippen LogP contribution in [0.2, 0.25) is 0 Å². The molecule has 0 unspecified atom stereocenters. The molecule has 4 aromatic carbocycles. The van der Waals surface area contributed by atoms with E-state index >= 15 is 0 Å². The van der Waals surface area contributed by atoms with Crippen LogP contribution >= 0.6 is 0 Å². The Kier molecular flexibility index (Phi) is 4.14. The van der Waals surface area contributed by atoms with Gasteiger partial charge in [0.2, 0.25) is 0 Å². The number of hydrogen-bond acceptors (Lipinski definition) is 3. The Morgan fingerprint density at radius 1 is 0.778 bits per heavy atom. The fourth-order valence-corrected chi connectivity index (χ4v) is 3.92. The number of nitrogens with one attached hydrogen (secondary N) is 1. The summed E-state index contributed by atoms with van der Waals surface area (Å²) in [6.45, 7) is 0. The maximum atomic E-state index is 12.8. The molecule has 0 bridgehead atoms. The van der Waals surface area contributed by atoms with Gasteiger partial charge in [-0.2, -0.15) is 8.42 Å². The van der Waals surface area contributed by atoms with E-state index in [1.54, 1.807) is 42.5 Å². The molecule has 0 aliphatic heterocycles.